The fourth-order valence-corrected chi connectivity index (χ4v) is 4.30. The van der Waals surface area contributed by atoms with Gasteiger partial charge < -0.3 is 20.3 Å². The number of amides is 1. The highest BCUT2D eigenvalue weighted by Crippen LogP contribution is 2.31. The van der Waals surface area contributed by atoms with Gasteiger partial charge >= 0.3 is 0 Å². The van der Waals surface area contributed by atoms with E-state index in [0.29, 0.717) is 6.54 Å². The van der Waals surface area contributed by atoms with Gasteiger partial charge in [-0.3, -0.25) is 9.69 Å². The molecule has 0 aromatic heterocycles. The minimum Gasteiger partial charge on any atom is -0.497 e. The zero-order valence-corrected chi connectivity index (χ0v) is 17.1. The first kappa shape index (κ1) is 19.6. The second kappa shape index (κ2) is 8.74. The second-order valence-electron chi connectivity index (χ2n) is 7.88. The Morgan fingerprint density at radius 2 is 1.79 bits per heavy atom. The van der Waals surface area contributed by atoms with Crippen LogP contribution in [0.2, 0.25) is 0 Å². The summed E-state index contributed by atoms with van der Waals surface area (Å²) >= 11 is 0. The standard InChI is InChI=1S/C23H30N4O2/c1-29-19-9-7-18(8-10-19)16-25-12-14-26(15-13-25)23(28)17-27-11-3-4-20-21(24)5-2-6-22(20)27/h2,5-10H,3-4,11-17,24H2,1H3. The number of nitrogens with two attached hydrogens (primary N) is 1. The maximum atomic E-state index is 12.9. The Hall–Kier alpha value is -2.73. The van der Waals surface area contributed by atoms with Crippen LogP contribution in [0.3, 0.4) is 0 Å². The maximum Gasteiger partial charge on any atom is 0.242 e. The number of carbonyl (C=O) groups is 1. The van der Waals surface area contributed by atoms with Gasteiger partial charge in [-0.1, -0.05) is 18.2 Å². The molecular weight excluding hydrogens is 364 g/mol. The number of ether oxygens (including phenoxy) is 1. The summed E-state index contributed by atoms with van der Waals surface area (Å²) in [7, 11) is 1.68. The van der Waals surface area contributed by atoms with E-state index in [0.717, 1.165) is 69.2 Å². The van der Waals surface area contributed by atoms with Crippen molar-refractivity contribution < 1.29 is 9.53 Å². The highest BCUT2D eigenvalue weighted by Gasteiger charge is 2.25. The van der Waals surface area contributed by atoms with Gasteiger partial charge in [0.2, 0.25) is 5.91 Å². The summed E-state index contributed by atoms with van der Waals surface area (Å²) in [5.41, 5.74) is 10.6. The molecule has 6 heteroatoms. The Bertz CT molecular complexity index is 844. The van der Waals surface area contributed by atoms with Gasteiger partial charge in [-0.05, 0) is 48.2 Å². The van der Waals surface area contributed by atoms with E-state index in [2.05, 4.69) is 28.0 Å². The van der Waals surface area contributed by atoms with E-state index in [1.807, 2.05) is 29.2 Å². The van der Waals surface area contributed by atoms with E-state index >= 15 is 0 Å². The molecule has 0 atom stereocenters. The molecule has 29 heavy (non-hydrogen) atoms. The third-order valence-electron chi connectivity index (χ3n) is 6.00. The molecule has 1 fully saturated rings. The Balaban J connectivity index is 1.30. The maximum absolute atomic E-state index is 12.9. The van der Waals surface area contributed by atoms with Crippen LogP contribution in [-0.2, 0) is 17.8 Å². The largest absolute Gasteiger partial charge is 0.497 e. The van der Waals surface area contributed by atoms with Crippen LogP contribution < -0.4 is 15.4 Å². The SMILES string of the molecule is COc1ccc(CN2CCN(C(=O)CN3CCCc4c(N)cccc43)CC2)cc1. The van der Waals surface area contributed by atoms with Gasteiger partial charge in [0, 0.05) is 50.6 Å². The van der Waals surface area contributed by atoms with Crippen molar-refractivity contribution in [2.45, 2.75) is 19.4 Å². The zero-order chi connectivity index (χ0) is 20.2. The first-order valence-electron chi connectivity index (χ1n) is 10.4. The molecule has 2 aliphatic heterocycles. The minimum atomic E-state index is 0.212. The number of fused-ring (bicyclic) bond motifs is 1. The highest BCUT2D eigenvalue weighted by atomic mass is 16.5. The summed E-state index contributed by atoms with van der Waals surface area (Å²) in [5.74, 6) is 1.09. The lowest BCUT2D eigenvalue weighted by Crippen LogP contribution is -2.51. The van der Waals surface area contributed by atoms with Gasteiger partial charge in [0.25, 0.3) is 0 Å². The fourth-order valence-electron chi connectivity index (χ4n) is 4.30. The van der Waals surface area contributed by atoms with Crippen molar-refractivity contribution in [1.29, 1.82) is 0 Å². The molecule has 2 heterocycles. The predicted octanol–water partition coefficient (Wildman–Crippen LogP) is 2.37. The van der Waals surface area contributed by atoms with E-state index in [9.17, 15) is 4.79 Å². The quantitative estimate of drug-likeness (QED) is 0.789. The lowest BCUT2D eigenvalue weighted by Gasteiger charge is -2.37. The number of piperazine rings is 1. The molecule has 2 aliphatic rings. The first-order chi connectivity index (χ1) is 14.1. The summed E-state index contributed by atoms with van der Waals surface area (Å²) in [4.78, 5) is 19.5. The van der Waals surface area contributed by atoms with E-state index in [1.54, 1.807) is 7.11 Å². The zero-order valence-electron chi connectivity index (χ0n) is 17.1. The van der Waals surface area contributed by atoms with E-state index < -0.39 is 0 Å². The first-order valence-corrected chi connectivity index (χ1v) is 10.4. The molecule has 0 bridgehead atoms. The summed E-state index contributed by atoms with van der Waals surface area (Å²) in [5, 5.41) is 0. The third kappa shape index (κ3) is 4.48. The van der Waals surface area contributed by atoms with Crippen LogP contribution in [0, 0.1) is 0 Å². The third-order valence-corrected chi connectivity index (χ3v) is 6.00. The second-order valence-corrected chi connectivity index (χ2v) is 7.88. The lowest BCUT2D eigenvalue weighted by molar-refractivity contribution is -0.131. The predicted molar refractivity (Wildman–Crippen MR) is 116 cm³/mol. The molecule has 0 aliphatic carbocycles. The molecular formula is C23H30N4O2. The van der Waals surface area contributed by atoms with Crippen LogP contribution in [-0.4, -0.2) is 62.1 Å². The van der Waals surface area contributed by atoms with Crippen molar-refractivity contribution >= 4 is 17.3 Å². The molecule has 154 valence electrons. The van der Waals surface area contributed by atoms with Crippen molar-refractivity contribution in [3.63, 3.8) is 0 Å². The van der Waals surface area contributed by atoms with Gasteiger partial charge in [-0.15, -0.1) is 0 Å². The number of carbonyl (C=O) groups excluding carboxylic acids is 1. The number of nitrogen functional groups attached to an aromatic ring is 1. The van der Waals surface area contributed by atoms with Crippen molar-refractivity contribution in [2.75, 3.05) is 57.0 Å². The Labute approximate surface area is 172 Å². The molecule has 1 saturated heterocycles. The van der Waals surface area contributed by atoms with Gasteiger partial charge in [-0.2, -0.15) is 0 Å². The van der Waals surface area contributed by atoms with E-state index in [4.69, 9.17) is 10.5 Å². The highest BCUT2D eigenvalue weighted by molar-refractivity contribution is 5.83. The van der Waals surface area contributed by atoms with Crippen LogP contribution in [0.25, 0.3) is 0 Å². The number of methoxy groups -OCH3 is 1. The molecule has 1 amide bonds. The van der Waals surface area contributed by atoms with Gasteiger partial charge in [-0.25, -0.2) is 0 Å². The molecule has 0 radical (unpaired) electrons. The number of hydrogen-bond acceptors (Lipinski definition) is 5. The summed E-state index contributed by atoms with van der Waals surface area (Å²) in [6.45, 7) is 5.64. The van der Waals surface area contributed by atoms with Gasteiger partial charge in [0.15, 0.2) is 0 Å². The lowest BCUT2D eigenvalue weighted by atomic mass is 10.00. The molecule has 0 saturated carbocycles. The van der Waals surface area contributed by atoms with Crippen LogP contribution >= 0.6 is 0 Å². The van der Waals surface area contributed by atoms with Crippen molar-refractivity contribution in [1.82, 2.24) is 9.80 Å². The smallest absolute Gasteiger partial charge is 0.242 e. The Morgan fingerprint density at radius 3 is 2.52 bits per heavy atom. The summed E-state index contributed by atoms with van der Waals surface area (Å²) in [6, 6.07) is 14.2. The van der Waals surface area contributed by atoms with Crippen molar-refractivity contribution in [3.05, 3.63) is 53.6 Å². The van der Waals surface area contributed by atoms with Gasteiger partial charge in [0.1, 0.15) is 5.75 Å². The molecule has 0 spiro atoms. The van der Waals surface area contributed by atoms with Crippen molar-refractivity contribution in [3.8, 4) is 5.75 Å². The summed E-state index contributed by atoms with van der Waals surface area (Å²) in [6.07, 6.45) is 2.04. The average Bonchev–Trinajstić information content (AvgIpc) is 2.75. The summed E-state index contributed by atoms with van der Waals surface area (Å²) < 4.78 is 5.22. The van der Waals surface area contributed by atoms with Crippen LogP contribution in [0.1, 0.15) is 17.5 Å². The topological polar surface area (TPSA) is 62.0 Å². The number of nitrogens with zero attached hydrogens (tertiary/aromatic N) is 3. The molecule has 2 aromatic rings. The number of rotatable bonds is 5. The fraction of sp³-hybridized carbons (Fsp3) is 0.435. The molecule has 2 N–H and O–H groups in total. The van der Waals surface area contributed by atoms with Gasteiger partial charge in [0.05, 0.1) is 13.7 Å². The number of anilines is 2. The molecule has 4 rings (SSSR count). The van der Waals surface area contributed by atoms with Crippen LogP contribution in [0.4, 0.5) is 11.4 Å². The minimum absolute atomic E-state index is 0.212. The number of benzene rings is 2. The van der Waals surface area contributed by atoms with Crippen LogP contribution in [0.5, 0.6) is 5.75 Å². The Morgan fingerprint density at radius 1 is 1.03 bits per heavy atom. The average molecular weight is 395 g/mol. The molecule has 0 unspecified atom stereocenters. The normalized spacial score (nSPS) is 17.1. The van der Waals surface area contributed by atoms with Crippen molar-refractivity contribution in [2.24, 2.45) is 0 Å². The molecule has 2 aromatic carbocycles. The monoisotopic (exact) mass is 394 g/mol. The number of hydrogen-bond donors (Lipinski definition) is 1. The Kier molecular flexibility index (Phi) is 5.90. The van der Waals surface area contributed by atoms with E-state index in [1.165, 1.54) is 11.1 Å². The van der Waals surface area contributed by atoms with E-state index in [-0.39, 0.29) is 5.91 Å². The van der Waals surface area contributed by atoms with Crippen LogP contribution in [0.15, 0.2) is 42.5 Å². The molecule has 6 nitrogen and oxygen atoms in total.